The van der Waals surface area contributed by atoms with E-state index in [0.29, 0.717) is 6.54 Å². The summed E-state index contributed by atoms with van der Waals surface area (Å²) in [6, 6.07) is 1.94. The zero-order valence-corrected chi connectivity index (χ0v) is 6.40. The third kappa shape index (κ3) is 1.54. The first-order valence-corrected chi connectivity index (χ1v) is 3.90. The van der Waals surface area contributed by atoms with E-state index in [1.807, 2.05) is 11.4 Å². The van der Waals surface area contributed by atoms with Crippen molar-refractivity contribution in [2.75, 3.05) is 0 Å². The molecule has 10 heavy (non-hydrogen) atoms. The number of hydrogen-bond donors (Lipinski definition) is 3. The van der Waals surface area contributed by atoms with Crippen LogP contribution in [0.4, 0.5) is 0 Å². The molecule has 0 aliphatic heterocycles. The highest BCUT2D eigenvalue weighted by molar-refractivity contribution is 7.10. The fourth-order valence-corrected chi connectivity index (χ4v) is 1.49. The third-order valence-corrected chi connectivity index (χ3v) is 2.24. The summed E-state index contributed by atoms with van der Waals surface area (Å²) in [7, 11) is 0. The lowest BCUT2D eigenvalue weighted by Gasteiger charge is -1.98. The molecule has 1 aromatic rings. The maximum atomic E-state index is 5.43. The molecule has 0 aliphatic carbocycles. The lowest BCUT2D eigenvalue weighted by Crippen LogP contribution is -2.19. The monoisotopic (exact) mass is 157 g/mol. The van der Waals surface area contributed by atoms with Gasteiger partial charge in [0.25, 0.3) is 0 Å². The van der Waals surface area contributed by atoms with Crippen LogP contribution in [0.5, 0.6) is 0 Å². The van der Waals surface area contributed by atoms with Crippen LogP contribution in [0.3, 0.4) is 0 Å². The second kappa shape index (κ2) is 3.12. The Morgan fingerprint density at radius 1 is 1.50 bits per heavy atom. The summed E-state index contributed by atoms with van der Waals surface area (Å²) < 4.78 is 0. The Balaban J connectivity index is 2.78. The second-order valence-electron chi connectivity index (χ2n) is 2.08. The van der Waals surface area contributed by atoms with E-state index in [1.165, 1.54) is 0 Å². The average molecular weight is 157 g/mol. The summed E-state index contributed by atoms with van der Waals surface area (Å²) in [5, 5.41) is 1.94. The number of nitrogens with two attached hydrogens (primary N) is 3. The minimum absolute atomic E-state index is 0.364. The third-order valence-electron chi connectivity index (χ3n) is 1.26. The molecular formula is C6H11N3S. The van der Waals surface area contributed by atoms with Crippen LogP contribution in [0.2, 0.25) is 0 Å². The summed E-state index contributed by atoms with van der Waals surface area (Å²) >= 11 is 1.59. The fourth-order valence-electron chi connectivity index (χ4n) is 0.679. The second-order valence-corrected chi connectivity index (χ2v) is 3.07. The van der Waals surface area contributed by atoms with Crippen molar-refractivity contribution in [1.82, 2.24) is 0 Å². The van der Waals surface area contributed by atoms with Gasteiger partial charge < -0.3 is 17.2 Å². The van der Waals surface area contributed by atoms with Crippen LogP contribution in [-0.4, -0.2) is 0 Å². The smallest absolute Gasteiger partial charge is 0.0792 e. The first-order chi connectivity index (χ1) is 4.74. The van der Waals surface area contributed by atoms with E-state index in [-0.39, 0.29) is 6.17 Å². The van der Waals surface area contributed by atoms with Gasteiger partial charge in [0.15, 0.2) is 0 Å². The molecule has 0 unspecified atom stereocenters. The van der Waals surface area contributed by atoms with Crippen molar-refractivity contribution < 1.29 is 0 Å². The van der Waals surface area contributed by atoms with Crippen molar-refractivity contribution in [3.8, 4) is 0 Å². The molecule has 0 spiro atoms. The number of thiophene rings is 1. The predicted molar refractivity (Wildman–Crippen MR) is 43.3 cm³/mol. The normalized spacial score (nSPS) is 10.8. The van der Waals surface area contributed by atoms with E-state index in [4.69, 9.17) is 17.2 Å². The standard InChI is InChI=1S/C6H11N3S/c7-2-5-1-4(3-10-5)6(8)9/h1,3,6H,2,7-9H2. The molecule has 0 saturated heterocycles. The predicted octanol–water partition coefficient (Wildman–Crippen LogP) is 0.123. The van der Waals surface area contributed by atoms with E-state index in [0.717, 1.165) is 10.4 Å². The van der Waals surface area contributed by atoms with Gasteiger partial charge in [0.1, 0.15) is 0 Å². The Hall–Kier alpha value is -0.420. The highest BCUT2D eigenvalue weighted by Gasteiger charge is 2.01. The molecule has 56 valence electrons. The van der Waals surface area contributed by atoms with Crippen molar-refractivity contribution in [3.63, 3.8) is 0 Å². The maximum Gasteiger partial charge on any atom is 0.0792 e. The molecule has 1 heterocycles. The summed E-state index contributed by atoms with van der Waals surface area (Å²) in [5.41, 5.74) is 17.2. The first-order valence-electron chi connectivity index (χ1n) is 3.02. The molecule has 0 saturated carbocycles. The minimum Gasteiger partial charge on any atom is -0.326 e. The maximum absolute atomic E-state index is 5.43. The topological polar surface area (TPSA) is 78.1 Å². The molecule has 0 aromatic carbocycles. The zero-order valence-electron chi connectivity index (χ0n) is 5.58. The summed E-state index contributed by atoms with van der Waals surface area (Å²) in [5.74, 6) is 0. The lowest BCUT2D eigenvalue weighted by atomic mass is 10.2. The van der Waals surface area contributed by atoms with Gasteiger partial charge in [-0.15, -0.1) is 11.3 Å². The summed E-state index contributed by atoms with van der Waals surface area (Å²) in [6.45, 7) is 0.567. The summed E-state index contributed by atoms with van der Waals surface area (Å²) in [4.78, 5) is 1.12. The zero-order chi connectivity index (χ0) is 7.56. The lowest BCUT2D eigenvalue weighted by molar-refractivity contribution is 0.776. The highest BCUT2D eigenvalue weighted by atomic mass is 32.1. The van der Waals surface area contributed by atoms with E-state index < -0.39 is 0 Å². The van der Waals surface area contributed by atoms with Gasteiger partial charge in [0, 0.05) is 11.4 Å². The van der Waals surface area contributed by atoms with Gasteiger partial charge in [-0.25, -0.2) is 0 Å². The molecule has 3 nitrogen and oxygen atoms in total. The van der Waals surface area contributed by atoms with Crippen LogP contribution in [0.15, 0.2) is 11.4 Å². The van der Waals surface area contributed by atoms with Crippen LogP contribution in [0.1, 0.15) is 16.6 Å². The van der Waals surface area contributed by atoms with Crippen LogP contribution in [0.25, 0.3) is 0 Å². The molecule has 0 bridgehead atoms. The highest BCUT2D eigenvalue weighted by Crippen LogP contribution is 2.16. The number of hydrogen-bond acceptors (Lipinski definition) is 4. The van der Waals surface area contributed by atoms with Gasteiger partial charge in [0.2, 0.25) is 0 Å². The Morgan fingerprint density at radius 3 is 2.50 bits per heavy atom. The van der Waals surface area contributed by atoms with Crippen molar-refractivity contribution in [2.45, 2.75) is 12.7 Å². The molecule has 0 fully saturated rings. The molecule has 0 amide bonds. The van der Waals surface area contributed by atoms with Gasteiger partial charge in [-0.2, -0.15) is 0 Å². The molecular weight excluding hydrogens is 146 g/mol. The Kier molecular flexibility index (Phi) is 2.39. The first kappa shape index (κ1) is 7.68. The molecule has 1 rings (SSSR count). The molecule has 1 aromatic heterocycles. The number of rotatable bonds is 2. The van der Waals surface area contributed by atoms with Gasteiger partial charge in [0.05, 0.1) is 6.17 Å². The summed E-state index contributed by atoms with van der Waals surface area (Å²) in [6.07, 6.45) is -0.364. The van der Waals surface area contributed by atoms with Gasteiger partial charge in [-0.05, 0) is 17.0 Å². The van der Waals surface area contributed by atoms with E-state index in [9.17, 15) is 0 Å². The van der Waals surface area contributed by atoms with Crippen molar-refractivity contribution in [2.24, 2.45) is 17.2 Å². The van der Waals surface area contributed by atoms with Crippen LogP contribution >= 0.6 is 11.3 Å². The minimum atomic E-state index is -0.364. The van der Waals surface area contributed by atoms with Crippen molar-refractivity contribution in [3.05, 3.63) is 21.9 Å². The van der Waals surface area contributed by atoms with Crippen molar-refractivity contribution in [1.29, 1.82) is 0 Å². The molecule has 0 radical (unpaired) electrons. The van der Waals surface area contributed by atoms with E-state index in [2.05, 4.69) is 0 Å². The average Bonchev–Trinajstić information content (AvgIpc) is 2.34. The molecule has 6 N–H and O–H groups in total. The Bertz CT molecular complexity index is 207. The van der Waals surface area contributed by atoms with Gasteiger partial charge in [-0.3, -0.25) is 0 Å². The largest absolute Gasteiger partial charge is 0.326 e. The van der Waals surface area contributed by atoms with Crippen LogP contribution in [0, 0.1) is 0 Å². The van der Waals surface area contributed by atoms with Gasteiger partial charge >= 0.3 is 0 Å². The quantitative estimate of drug-likeness (QED) is 0.534. The van der Waals surface area contributed by atoms with Crippen LogP contribution in [-0.2, 0) is 6.54 Å². The molecule has 0 atom stereocenters. The van der Waals surface area contributed by atoms with Crippen molar-refractivity contribution >= 4 is 11.3 Å². The Labute approximate surface area is 63.8 Å². The van der Waals surface area contributed by atoms with Crippen LogP contribution < -0.4 is 17.2 Å². The van der Waals surface area contributed by atoms with Gasteiger partial charge in [-0.1, -0.05) is 0 Å². The SMILES string of the molecule is NCc1cc(C(N)N)cs1. The fraction of sp³-hybridized carbons (Fsp3) is 0.333. The molecule has 4 heteroatoms. The Morgan fingerprint density at radius 2 is 2.20 bits per heavy atom. The molecule has 0 aliphatic rings. The van der Waals surface area contributed by atoms with E-state index in [1.54, 1.807) is 11.3 Å². The van der Waals surface area contributed by atoms with E-state index >= 15 is 0 Å².